The molecular formula is C14H20F2O2. The molecule has 1 N–H and O–H groups in total. The molecule has 4 heteroatoms. The summed E-state index contributed by atoms with van der Waals surface area (Å²) in [5, 5.41) is 10.1. The fourth-order valence-electron chi connectivity index (χ4n) is 1.97. The van der Waals surface area contributed by atoms with Crippen molar-refractivity contribution in [3.63, 3.8) is 0 Å². The van der Waals surface area contributed by atoms with Crippen LogP contribution in [0.2, 0.25) is 0 Å². The first-order valence-corrected chi connectivity index (χ1v) is 6.29. The van der Waals surface area contributed by atoms with Crippen LogP contribution in [0, 0.1) is 5.92 Å². The van der Waals surface area contributed by atoms with E-state index < -0.39 is 12.7 Å². The average Bonchev–Trinajstić information content (AvgIpc) is 2.35. The Kier molecular flexibility index (Phi) is 6.05. The Labute approximate surface area is 107 Å². The summed E-state index contributed by atoms with van der Waals surface area (Å²) in [5.41, 5.74) is 0.625. The zero-order valence-electron chi connectivity index (χ0n) is 10.8. The number of aliphatic hydroxyl groups is 1. The predicted octanol–water partition coefficient (Wildman–Crippen LogP) is 4.15. The van der Waals surface area contributed by atoms with Crippen molar-refractivity contribution in [3.8, 4) is 5.75 Å². The zero-order chi connectivity index (χ0) is 13.5. The van der Waals surface area contributed by atoms with Crippen molar-refractivity contribution >= 4 is 0 Å². The second kappa shape index (κ2) is 7.31. The molecule has 0 saturated carbocycles. The van der Waals surface area contributed by atoms with Gasteiger partial charge in [0.15, 0.2) is 0 Å². The molecule has 1 unspecified atom stereocenters. The lowest BCUT2D eigenvalue weighted by atomic mass is 9.93. The summed E-state index contributed by atoms with van der Waals surface area (Å²) in [5.74, 6) is 0.533. The minimum Gasteiger partial charge on any atom is -0.435 e. The van der Waals surface area contributed by atoms with E-state index in [1.807, 2.05) is 0 Å². The van der Waals surface area contributed by atoms with Crippen molar-refractivity contribution in [1.29, 1.82) is 0 Å². The van der Waals surface area contributed by atoms with E-state index in [1.165, 1.54) is 12.1 Å². The molecule has 0 fully saturated rings. The predicted molar refractivity (Wildman–Crippen MR) is 66.7 cm³/mol. The molecule has 0 spiro atoms. The van der Waals surface area contributed by atoms with Crippen LogP contribution < -0.4 is 4.74 Å². The van der Waals surface area contributed by atoms with Crippen molar-refractivity contribution < 1.29 is 18.6 Å². The normalized spacial score (nSPS) is 13.1. The molecule has 102 valence electrons. The summed E-state index contributed by atoms with van der Waals surface area (Å²) in [7, 11) is 0. The van der Waals surface area contributed by atoms with Crippen LogP contribution >= 0.6 is 0 Å². The number of hydrogen-bond donors (Lipinski definition) is 1. The highest BCUT2D eigenvalue weighted by atomic mass is 19.3. The third-order valence-electron chi connectivity index (χ3n) is 3.18. The standard InChI is InChI=1S/C14H20F2O2/c1-3-10(4-2)8-13(17)11-6-5-7-12(9-11)18-14(15)16/h5-7,9-10,13-14,17H,3-4,8H2,1-2H3. The van der Waals surface area contributed by atoms with Crippen molar-refractivity contribution in [2.24, 2.45) is 5.92 Å². The maximum Gasteiger partial charge on any atom is 0.387 e. The van der Waals surface area contributed by atoms with Crippen LogP contribution in [0.3, 0.4) is 0 Å². The molecule has 2 nitrogen and oxygen atoms in total. The van der Waals surface area contributed by atoms with Crippen LogP contribution in [0.5, 0.6) is 5.75 Å². The fourth-order valence-corrected chi connectivity index (χ4v) is 1.97. The molecule has 0 radical (unpaired) electrons. The van der Waals surface area contributed by atoms with Gasteiger partial charge in [-0.3, -0.25) is 0 Å². The topological polar surface area (TPSA) is 29.5 Å². The molecule has 1 aromatic carbocycles. The summed E-state index contributed by atoms with van der Waals surface area (Å²) in [6, 6.07) is 6.27. The summed E-state index contributed by atoms with van der Waals surface area (Å²) < 4.78 is 28.5. The van der Waals surface area contributed by atoms with Crippen LogP contribution in [0.15, 0.2) is 24.3 Å². The van der Waals surface area contributed by atoms with Gasteiger partial charge in [-0.1, -0.05) is 38.8 Å². The summed E-state index contributed by atoms with van der Waals surface area (Å²) in [6.07, 6.45) is 2.02. The van der Waals surface area contributed by atoms with Gasteiger partial charge in [-0.15, -0.1) is 0 Å². The molecule has 1 aromatic rings. The number of rotatable bonds is 7. The van der Waals surface area contributed by atoms with Gasteiger partial charge in [0.1, 0.15) is 5.75 Å². The maximum absolute atomic E-state index is 12.1. The lowest BCUT2D eigenvalue weighted by molar-refractivity contribution is -0.0500. The maximum atomic E-state index is 12.1. The van der Waals surface area contributed by atoms with Crippen LogP contribution in [0.25, 0.3) is 0 Å². The van der Waals surface area contributed by atoms with Gasteiger partial charge in [0.25, 0.3) is 0 Å². The molecule has 18 heavy (non-hydrogen) atoms. The fraction of sp³-hybridized carbons (Fsp3) is 0.571. The van der Waals surface area contributed by atoms with E-state index >= 15 is 0 Å². The average molecular weight is 258 g/mol. The van der Waals surface area contributed by atoms with E-state index in [0.29, 0.717) is 17.9 Å². The van der Waals surface area contributed by atoms with E-state index in [2.05, 4.69) is 18.6 Å². The molecule has 0 bridgehead atoms. The smallest absolute Gasteiger partial charge is 0.387 e. The Bertz CT molecular complexity index is 351. The van der Waals surface area contributed by atoms with Gasteiger partial charge in [0, 0.05) is 0 Å². The van der Waals surface area contributed by atoms with Gasteiger partial charge in [-0.25, -0.2) is 0 Å². The van der Waals surface area contributed by atoms with E-state index in [0.717, 1.165) is 12.8 Å². The third kappa shape index (κ3) is 4.61. The Balaban J connectivity index is 2.70. The van der Waals surface area contributed by atoms with Crippen molar-refractivity contribution in [1.82, 2.24) is 0 Å². The first kappa shape index (κ1) is 14.9. The number of benzene rings is 1. The molecule has 1 atom stereocenters. The largest absolute Gasteiger partial charge is 0.435 e. The van der Waals surface area contributed by atoms with Gasteiger partial charge in [0.05, 0.1) is 6.10 Å². The van der Waals surface area contributed by atoms with Crippen LogP contribution in [-0.4, -0.2) is 11.7 Å². The minimum atomic E-state index is -2.84. The number of halogens is 2. The SMILES string of the molecule is CCC(CC)CC(O)c1cccc(OC(F)F)c1. The number of aliphatic hydroxyl groups excluding tert-OH is 1. The lowest BCUT2D eigenvalue weighted by Crippen LogP contribution is -2.07. The molecule has 0 aliphatic heterocycles. The Hall–Kier alpha value is -1.16. The molecule has 0 aliphatic carbocycles. The second-order valence-electron chi connectivity index (χ2n) is 4.39. The van der Waals surface area contributed by atoms with E-state index in [-0.39, 0.29) is 5.75 Å². The molecule has 0 saturated heterocycles. The van der Waals surface area contributed by atoms with Crippen LogP contribution in [0.4, 0.5) is 8.78 Å². The highest BCUT2D eigenvalue weighted by Gasteiger charge is 2.14. The molecule has 0 aliphatic rings. The third-order valence-corrected chi connectivity index (χ3v) is 3.18. The van der Waals surface area contributed by atoms with Crippen molar-refractivity contribution in [2.75, 3.05) is 0 Å². The van der Waals surface area contributed by atoms with Gasteiger partial charge in [-0.2, -0.15) is 8.78 Å². The molecule has 0 amide bonds. The Morgan fingerprint density at radius 3 is 2.44 bits per heavy atom. The quantitative estimate of drug-likeness (QED) is 0.796. The summed E-state index contributed by atoms with van der Waals surface area (Å²) in [6.45, 7) is 1.32. The number of ether oxygens (including phenoxy) is 1. The minimum absolute atomic E-state index is 0.0890. The second-order valence-corrected chi connectivity index (χ2v) is 4.39. The van der Waals surface area contributed by atoms with Gasteiger partial charge in [0.2, 0.25) is 0 Å². The highest BCUT2D eigenvalue weighted by molar-refractivity contribution is 5.29. The summed E-state index contributed by atoms with van der Waals surface area (Å²) in [4.78, 5) is 0. The Morgan fingerprint density at radius 1 is 1.22 bits per heavy atom. The van der Waals surface area contributed by atoms with Crippen LogP contribution in [-0.2, 0) is 0 Å². The Morgan fingerprint density at radius 2 is 1.89 bits per heavy atom. The molecule has 1 rings (SSSR count). The van der Waals surface area contributed by atoms with E-state index in [4.69, 9.17) is 0 Å². The highest BCUT2D eigenvalue weighted by Crippen LogP contribution is 2.27. The lowest BCUT2D eigenvalue weighted by Gasteiger charge is -2.18. The number of hydrogen-bond acceptors (Lipinski definition) is 2. The number of alkyl halides is 2. The van der Waals surface area contributed by atoms with Crippen LogP contribution in [0.1, 0.15) is 44.8 Å². The van der Waals surface area contributed by atoms with E-state index in [1.54, 1.807) is 12.1 Å². The molecular weight excluding hydrogens is 238 g/mol. The summed E-state index contributed by atoms with van der Waals surface area (Å²) >= 11 is 0. The van der Waals surface area contributed by atoms with Gasteiger partial charge in [-0.05, 0) is 30.0 Å². The van der Waals surface area contributed by atoms with Gasteiger partial charge >= 0.3 is 6.61 Å². The monoisotopic (exact) mass is 258 g/mol. The van der Waals surface area contributed by atoms with Crippen molar-refractivity contribution in [2.45, 2.75) is 45.8 Å². The first-order valence-electron chi connectivity index (χ1n) is 6.29. The molecule has 0 aromatic heterocycles. The van der Waals surface area contributed by atoms with E-state index in [9.17, 15) is 13.9 Å². The van der Waals surface area contributed by atoms with Gasteiger partial charge < -0.3 is 9.84 Å². The zero-order valence-corrected chi connectivity index (χ0v) is 10.8. The molecule has 0 heterocycles. The first-order chi connectivity index (χ1) is 8.56. The van der Waals surface area contributed by atoms with Crippen molar-refractivity contribution in [3.05, 3.63) is 29.8 Å².